The average molecular weight is 275 g/mol. The summed E-state index contributed by atoms with van der Waals surface area (Å²) < 4.78 is 6.34. The minimum atomic E-state index is -0.934. The Morgan fingerprint density at radius 1 is 1.25 bits per heavy atom. The van der Waals surface area contributed by atoms with E-state index in [9.17, 15) is 5.11 Å². The zero-order valence-electron chi connectivity index (χ0n) is 12.3. The smallest absolute Gasteiger partial charge is 0.126 e. The topological polar surface area (TPSA) is 55.5 Å². The van der Waals surface area contributed by atoms with Crippen LogP contribution in [0.2, 0.25) is 0 Å². The molecule has 1 aromatic carbocycles. The molecule has 2 aliphatic rings. The summed E-state index contributed by atoms with van der Waals surface area (Å²) in [6.07, 6.45) is 7.30. The third-order valence-electron chi connectivity index (χ3n) is 5.00. The first-order chi connectivity index (χ1) is 9.61. The summed E-state index contributed by atoms with van der Waals surface area (Å²) in [5, 5.41) is 11.1. The summed E-state index contributed by atoms with van der Waals surface area (Å²) in [7, 11) is 0. The van der Waals surface area contributed by atoms with Crippen LogP contribution in [0.5, 0.6) is 5.75 Å². The quantitative estimate of drug-likeness (QED) is 0.872. The van der Waals surface area contributed by atoms with Gasteiger partial charge in [-0.15, -0.1) is 0 Å². The van der Waals surface area contributed by atoms with E-state index in [4.69, 9.17) is 10.5 Å². The molecule has 110 valence electrons. The molecule has 1 aromatic rings. The number of hydrogen-bond donors (Lipinski definition) is 2. The minimum absolute atomic E-state index is 0.201. The molecule has 0 radical (unpaired) electrons. The van der Waals surface area contributed by atoms with Crippen LogP contribution in [0.3, 0.4) is 0 Å². The first kappa shape index (κ1) is 13.9. The van der Waals surface area contributed by atoms with Gasteiger partial charge in [0, 0.05) is 18.5 Å². The van der Waals surface area contributed by atoms with E-state index in [1.165, 1.54) is 24.8 Å². The van der Waals surface area contributed by atoms with Crippen molar-refractivity contribution >= 4 is 0 Å². The van der Waals surface area contributed by atoms with Crippen LogP contribution in [-0.2, 0) is 12.0 Å². The molecule has 1 aliphatic heterocycles. The predicted molar refractivity (Wildman–Crippen MR) is 79.8 cm³/mol. The monoisotopic (exact) mass is 275 g/mol. The van der Waals surface area contributed by atoms with Gasteiger partial charge in [-0.05, 0) is 49.8 Å². The molecule has 0 saturated heterocycles. The third-order valence-corrected chi connectivity index (χ3v) is 5.00. The fourth-order valence-corrected chi connectivity index (χ4v) is 3.80. The molecule has 0 amide bonds. The van der Waals surface area contributed by atoms with Crippen molar-refractivity contribution in [3.63, 3.8) is 0 Å². The van der Waals surface area contributed by atoms with E-state index in [-0.39, 0.29) is 12.1 Å². The van der Waals surface area contributed by atoms with Gasteiger partial charge in [0.2, 0.25) is 0 Å². The number of fused-ring (bicyclic) bond motifs is 1. The molecule has 3 rings (SSSR count). The number of nitrogens with two attached hydrogens (primary N) is 1. The zero-order chi connectivity index (χ0) is 14.2. The summed E-state index contributed by atoms with van der Waals surface area (Å²) in [5.41, 5.74) is 6.90. The normalized spacial score (nSPS) is 27.9. The fourth-order valence-electron chi connectivity index (χ4n) is 3.80. The number of aryl methyl sites for hydroxylation is 1. The fraction of sp³-hybridized carbons (Fsp3) is 0.647. The van der Waals surface area contributed by atoms with E-state index in [1.807, 2.05) is 6.07 Å². The lowest BCUT2D eigenvalue weighted by molar-refractivity contribution is -0.0894. The van der Waals surface area contributed by atoms with Crippen molar-refractivity contribution in [2.24, 2.45) is 5.73 Å². The molecule has 1 aliphatic carbocycles. The highest BCUT2D eigenvalue weighted by Gasteiger charge is 2.48. The summed E-state index contributed by atoms with van der Waals surface area (Å²) in [5.74, 6) is 0.836. The van der Waals surface area contributed by atoms with E-state index < -0.39 is 5.60 Å². The van der Waals surface area contributed by atoms with Gasteiger partial charge in [-0.25, -0.2) is 0 Å². The maximum absolute atomic E-state index is 11.1. The second-order valence-corrected chi connectivity index (χ2v) is 6.44. The highest BCUT2D eigenvalue weighted by Crippen LogP contribution is 2.48. The minimum Gasteiger partial charge on any atom is -0.487 e. The van der Waals surface area contributed by atoms with Gasteiger partial charge in [-0.3, -0.25) is 0 Å². The number of benzene rings is 1. The second kappa shape index (κ2) is 5.05. The average Bonchev–Trinajstić information content (AvgIpc) is 2.48. The van der Waals surface area contributed by atoms with Gasteiger partial charge in [0.25, 0.3) is 0 Å². The molecule has 1 fully saturated rings. The Hall–Kier alpha value is -1.06. The molecule has 1 heterocycles. The van der Waals surface area contributed by atoms with Crippen molar-refractivity contribution in [2.45, 2.75) is 63.1 Å². The van der Waals surface area contributed by atoms with Crippen LogP contribution < -0.4 is 10.5 Å². The van der Waals surface area contributed by atoms with Crippen molar-refractivity contribution in [1.82, 2.24) is 0 Å². The first-order valence-corrected chi connectivity index (χ1v) is 7.86. The highest BCUT2D eigenvalue weighted by molar-refractivity contribution is 5.44. The van der Waals surface area contributed by atoms with Crippen molar-refractivity contribution in [3.8, 4) is 5.75 Å². The van der Waals surface area contributed by atoms with Gasteiger partial charge in [0.15, 0.2) is 0 Å². The maximum atomic E-state index is 11.1. The SMILES string of the molecule is CCc1ccc2c(c1)C(O)(CN)CC1(CCCCC1)O2. The Labute approximate surface area is 121 Å². The largest absolute Gasteiger partial charge is 0.487 e. The van der Waals surface area contributed by atoms with Crippen LogP contribution in [0.15, 0.2) is 18.2 Å². The lowest BCUT2D eigenvalue weighted by atomic mass is 9.72. The molecule has 3 heteroatoms. The lowest BCUT2D eigenvalue weighted by Crippen LogP contribution is -2.52. The van der Waals surface area contributed by atoms with Crippen LogP contribution in [0.1, 0.15) is 56.6 Å². The molecule has 0 aromatic heterocycles. The molecule has 0 bridgehead atoms. The van der Waals surface area contributed by atoms with Crippen LogP contribution in [0, 0.1) is 0 Å². The molecule has 1 atom stereocenters. The summed E-state index contributed by atoms with van der Waals surface area (Å²) in [6.45, 7) is 2.38. The first-order valence-electron chi connectivity index (χ1n) is 7.86. The number of hydrogen-bond acceptors (Lipinski definition) is 3. The van der Waals surface area contributed by atoms with Gasteiger partial charge in [0.1, 0.15) is 17.0 Å². The van der Waals surface area contributed by atoms with Crippen LogP contribution >= 0.6 is 0 Å². The van der Waals surface area contributed by atoms with Crippen LogP contribution in [0.25, 0.3) is 0 Å². The lowest BCUT2D eigenvalue weighted by Gasteiger charge is -2.48. The number of aliphatic hydroxyl groups is 1. The summed E-state index contributed by atoms with van der Waals surface area (Å²) >= 11 is 0. The second-order valence-electron chi connectivity index (χ2n) is 6.44. The Bertz CT molecular complexity index is 494. The van der Waals surface area contributed by atoms with Crippen molar-refractivity contribution < 1.29 is 9.84 Å². The molecule has 1 spiro atoms. The van der Waals surface area contributed by atoms with Gasteiger partial charge < -0.3 is 15.6 Å². The Morgan fingerprint density at radius 3 is 2.65 bits per heavy atom. The molecule has 3 N–H and O–H groups in total. The van der Waals surface area contributed by atoms with Crippen molar-refractivity contribution in [1.29, 1.82) is 0 Å². The molecule has 1 saturated carbocycles. The molecular weight excluding hydrogens is 250 g/mol. The van der Waals surface area contributed by atoms with E-state index in [1.54, 1.807) is 0 Å². The maximum Gasteiger partial charge on any atom is 0.126 e. The van der Waals surface area contributed by atoms with E-state index in [0.29, 0.717) is 6.42 Å². The van der Waals surface area contributed by atoms with E-state index >= 15 is 0 Å². The van der Waals surface area contributed by atoms with Gasteiger partial charge in [-0.2, -0.15) is 0 Å². The van der Waals surface area contributed by atoms with Gasteiger partial charge in [0.05, 0.1) is 0 Å². The van der Waals surface area contributed by atoms with Crippen LogP contribution in [-0.4, -0.2) is 17.3 Å². The number of ether oxygens (including phenoxy) is 1. The summed E-state index contributed by atoms with van der Waals surface area (Å²) in [4.78, 5) is 0. The van der Waals surface area contributed by atoms with Crippen molar-refractivity contribution in [3.05, 3.63) is 29.3 Å². The predicted octanol–water partition coefficient (Wildman–Crippen LogP) is 2.88. The van der Waals surface area contributed by atoms with Gasteiger partial charge in [-0.1, -0.05) is 19.4 Å². The Morgan fingerprint density at radius 2 is 2.00 bits per heavy atom. The van der Waals surface area contributed by atoms with Gasteiger partial charge >= 0.3 is 0 Å². The molecule has 20 heavy (non-hydrogen) atoms. The Balaban J connectivity index is 2.03. The molecule has 1 unspecified atom stereocenters. The summed E-state index contributed by atoms with van der Waals surface area (Å²) in [6, 6.07) is 6.18. The molecular formula is C17H25NO2. The Kier molecular flexibility index (Phi) is 3.51. The van der Waals surface area contributed by atoms with E-state index in [0.717, 1.165) is 30.6 Å². The van der Waals surface area contributed by atoms with Crippen molar-refractivity contribution in [2.75, 3.05) is 6.54 Å². The zero-order valence-corrected chi connectivity index (χ0v) is 12.3. The standard InChI is InChI=1S/C17H25NO2/c1-2-13-6-7-15-14(10-13)17(19,12-18)11-16(20-15)8-4-3-5-9-16/h6-7,10,19H,2-5,8-9,11-12,18H2,1H3. The van der Waals surface area contributed by atoms with E-state index in [2.05, 4.69) is 19.1 Å². The third kappa shape index (κ3) is 2.23. The van der Waals surface area contributed by atoms with Crippen LogP contribution in [0.4, 0.5) is 0 Å². The number of rotatable bonds is 2. The molecule has 3 nitrogen and oxygen atoms in total. The highest BCUT2D eigenvalue weighted by atomic mass is 16.5.